The minimum atomic E-state index is -0.924. The van der Waals surface area contributed by atoms with E-state index in [1.807, 2.05) is 43.3 Å². The van der Waals surface area contributed by atoms with Crippen LogP contribution in [0.15, 0.2) is 66.3 Å². The first kappa shape index (κ1) is 24.0. The summed E-state index contributed by atoms with van der Waals surface area (Å²) in [6, 6.07) is 16.0. The minimum absolute atomic E-state index is 0.0833. The number of carbonyl (C=O) groups is 2. The van der Waals surface area contributed by atoms with Crippen molar-refractivity contribution in [2.75, 3.05) is 13.1 Å². The van der Waals surface area contributed by atoms with Crippen molar-refractivity contribution in [1.29, 1.82) is 0 Å². The highest BCUT2D eigenvalue weighted by Gasteiger charge is 2.39. The maximum Gasteiger partial charge on any atom is 0.335 e. The van der Waals surface area contributed by atoms with E-state index in [1.54, 1.807) is 12.1 Å². The minimum Gasteiger partial charge on any atom is -0.478 e. The van der Waals surface area contributed by atoms with Crippen LogP contribution >= 0.6 is 0 Å². The van der Waals surface area contributed by atoms with Crippen LogP contribution in [0.3, 0.4) is 0 Å². The van der Waals surface area contributed by atoms with E-state index < -0.39 is 5.97 Å². The molecule has 5 nitrogen and oxygen atoms in total. The van der Waals surface area contributed by atoms with Crippen LogP contribution in [0.2, 0.25) is 0 Å². The molecule has 1 amide bonds. The highest BCUT2D eigenvalue weighted by Crippen LogP contribution is 2.43. The second kappa shape index (κ2) is 10.4. The van der Waals surface area contributed by atoms with Gasteiger partial charge in [-0.15, -0.1) is 6.58 Å². The fourth-order valence-corrected chi connectivity index (χ4v) is 5.43. The van der Waals surface area contributed by atoms with E-state index in [0.29, 0.717) is 24.2 Å². The fourth-order valence-electron chi connectivity index (χ4n) is 5.43. The molecule has 4 rings (SSSR count). The Morgan fingerprint density at radius 3 is 2.21 bits per heavy atom. The van der Waals surface area contributed by atoms with Crippen LogP contribution < -0.4 is 5.32 Å². The van der Waals surface area contributed by atoms with Crippen molar-refractivity contribution in [3.05, 3.63) is 88.5 Å². The van der Waals surface area contributed by atoms with Gasteiger partial charge in [0.1, 0.15) is 0 Å². The number of hydrogen-bond donors (Lipinski definition) is 2. The van der Waals surface area contributed by atoms with Gasteiger partial charge in [0.2, 0.25) is 0 Å². The summed E-state index contributed by atoms with van der Waals surface area (Å²) in [5.41, 5.74) is 6.59. The Kier molecular flexibility index (Phi) is 7.32. The summed E-state index contributed by atoms with van der Waals surface area (Å²) in [5.74, 6) is -1.01. The molecule has 2 atom stereocenters. The Balaban J connectivity index is 1.73. The highest BCUT2D eigenvalue weighted by molar-refractivity contribution is 5.95. The van der Waals surface area contributed by atoms with Crippen molar-refractivity contribution in [2.24, 2.45) is 0 Å². The second-order valence-electron chi connectivity index (χ2n) is 9.54. The molecule has 0 saturated carbocycles. The van der Waals surface area contributed by atoms with Crippen LogP contribution in [0.1, 0.15) is 77.8 Å². The van der Waals surface area contributed by atoms with Crippen molar-refractivity contribution in [1.82, 2.24) is 10.2 Å². The molecule has 2 bridgehead atoms. The SMILES string of the molecule is C=C(C)CCN1[C@@H]2CC[C@H]1CC(=C(c1ccc(C(=O)NCC)cc1)c1cccc(C(=O)O)c1)C2. The lowest BCUT2D eigenvalue weighted by atomic mass is 9.85. The Morgan fingerprint density at radius 2 is 1.62 bits per heavy atom. The van der Waals surface area contributed by atoms with Crippen LogP contribution in [-0.4, -0.2) is 47.1 Å². The zero-order chi connectivity index (χ0) is 24.2. The summed E-state index contributed by atoms with van der Waals surface area (Å²) >= 11 is 0. The van der Waals surface area contributed by atoms with Crippen LogP contribution in [0, 0.1) is 0 Å². The quantitative estimate of drug-likeness (QED) is 0.511. The summed E-state index contributed by atoms with van der Waals surface area (Å²) in [6.45, 7) is 9.71. The van der Waals surface area contributed by atoms with Gasteiger partial charge in [-0.25, -0.2) is 4.79 Å². The van der Waals surface area contributed by atoms with Crippen molar-refractivity contribution in [3.8, 4) is 0 Å². The molecule has 0 aliphatic carbocycles. The summed E-state index contributed by atoms with van der Waals surface area (Å²) in [7, 11) is 0. The van der Waals surface area contributed by atoms with Crippen LogP contribution in [0.5, 0.6) is 0 Å². The first-order valence-electron chi connectivity index (χ1n) is 12.2. The number of carboxylic acid groups (broad SMARTS) is 1. The molecule has 2 heterocycles. The van der Waals surface area contributed by atoms with Crippen molar-refractivity contribution in [3.63, 3.8) is 0 Å². The Bertz CT molecular complexity index is 1100. The lowest BCUT2D eigenvalue weighted by Gasteiger charge is -2.37. The topological polar surface area (TPSA) is 69.6 Å². The zero-order valence-corrected chi connectivity index (χ0v) is 20.1. The molecule has 178 valence electrons. The normalized spacial score (nSPS) is 21.2. The van der Waals surface area contributed by atoms with Gasteiger partial charge in [0.15, 0.2) is 0 Å². The van der Waals surface area contributed by atoms with Crippen LogP contribution in [0.4, 0.5) is 0 Å². The van der Waals surface area contributed by atoms with Crippen LogP contribution in [0.25, 0.3) is 5.57 Å². The largest absolute Gasteiger partial charge is 0.478 e. The monoisotopic (exact) mass is 458 g/mol. The number of nitrogens with one attached hydrogen (secondary N) is 1. The van der Waals surface area contributed by atoms with E-state index in [4.69, 9.17) is 0 Å². The summed E-state index contributed by atoms with van der Waals surface area (Å²) in [6.07, 6.45) is 5.39. The van der Waals surface area contributed by atoms with Gasteiger partial charge in [-0.3, -0.25) is 9.69 Å². The number of benzene rings is 2. The number of amides is 1. The Labute approximate surface area is 202 Å². The molecular weight excluding hydrogens is 424 g/mol. The molecule has 2 aromatic rings. The molecule has 0 aromatic heterocycles. The number of carboxylic acids is 1. The second-order valence-corrected chi connectivity index (χ2v) is 9.54. The van der Waals surface area contributed by atoms with E-state index in [0.717, 1.165) is 42.5 Å². The summed E-state index contributed by atoms with van der Waals surface area (Å²) in [5, 5.41) is 12.4. The molecule has 5 heteroatoms. The first-order valence-corrected chi connectivity index (χ1v) is 12.2. The molecule has 2 aromatic carbocycles. The third-order valence-corrected chi connectivity index (χ3v) is 7.06. The number of rotatable bonds is 8. The molecule has 34 heavy (non-hydrogen) atoms. The van der Waals surface area contributed by atoms with E-state index in [2.05, 4.69) is 23.7 Å². The van der Waals surface area contributed by atoms with Gasteiger partial charge in [0, 0.05) is 30.7 Å². The van der Waals surface area contributed by atoms with E-state index in [1.165, 1.54) is 24.0 Å². The smallest absolute Gasteiger partial charge is 0.335 e. The van der Waals surface area contributed by atoms with Crippen molar-refractivity contribution >= 4 is 17.4 Å². The van der Waals surface area contributed by atoms with Gasteiger partial charge >= 0.3 is 5.97 Å². The van der Waals surface area contributed by atoms with Crippen molar-refractivity contribution in [2.45, 2.75) is 58.0 Å². The molecule has 2 fully saturated rings. The van der Waals surface area contributed by atoms with Gasteiger partial charge < -0.3 is 10.4 Å². The zero-order valence-electron chi connectivity index (χ0n) is 20.1. The fraction of sp³-hybridized carbons (Fsp3) is 0.379. The molecule has 2 saturated heterocycles. The number of hydrogen-bond acceptors (Lipinski definition) is 3. The maximum atomic E-state index is 12.3. The third kappa shape index (κ3) is 5.15. The van der Waals surface area contributed by atoms with E-state index in [9.17, 15) is 14.7 Å². The van der Waals surface area contributed by atoms with Gasteiger partial charge in [-0.2, -0.15) is 0 Å². The van der Waals surface area contributed by atoms with Crippen molar-refractivity contribution < 1.29 is 14.7 Å². The number of aromatic carboxylic acids is 1. The molecule has 2 aliphatic rings. The molecule has 2 aliphatic heterocycles. The number of carbonyl (C=O) groups excluding carboxylic acids is 1. The first-order chi connectivity index (χ1) is 16.4. The Hall–Kier alpha value is -3.18. The molecule has 2 N–H and O–H groups in total. The maximum absolute atomic E-state index is 12.3. The van der Waals surface area contributed by atoms with Gasteiger partial charge in [0.25, 0.3) is 5.91 Å². The number of fused-ring (bicyclic) bond motifs is 2. The van der Waals surface area contributed by atoms with E-state index >= 15 is 0 Å². The average Bonchev–Trinajstić information content (AvgIpc) is 3.06. The lowest BCUT2D eigenvalue weighted by Crippen LogP contribution is -2.41. The lowest BCUT2D eigenvalue weighted by molar-refractivity contribution is 0.0696. The Morgan fingerprint density at radius 1 is 1.00 bits per heavy atom. The van der Waals surface area contributed by atoms with Gasteiger partial charge in [-0.1, -0.05) is 35.4 Å². The predicted molar refractivity (Wildman–Crippen MR) is 136 cm³/mol. The average molecular weight is 459 g/mol. The van der Waals surface area contributed by atoms with Crippen LogP contribution in [-0.2, 0) is 0 Å². The molecule has 0 spiro atoms. The van der Waals surface area contributed by atoms with Gasteiger partial charge in [-0.05, 0) is 86.9 Å². The highest BCUT2D eigenvalue weighted by atomic mass is 16.4. The third-order valence-electron chi connectivity index (χ3n) is 7.06. The predicted octanol–water partition coefficient (Wildman–Crippen LogP) is 5.53. The molecule has 0 unspecified atom stereocenters. The van der Waals surface area contributed by atoms with E-state index in [-0.39, 0.29) is 11.5 Å². The summed E-state index contributed by atoms with van der Waals surface area (Å²) in [4.78, 5) is 26.6. The number of nitrogens with zero attached hydrogens (tertiary/aromatic N) is 1. The van der Waals surface area contributed by atoms with Gasteiger partial charge in [0.05, 0.1) is 5.56 Å². The number of piperidine rings is 1. The molecule has 0 radical (unpaired) electrons. The molecular formula is C29H34N2O3. The standard InChI is InChI=1S/C29H34N2O3/c1-4-30-28(32)21-10-8-20(9-11-21)27(22-6-5-7-23(16-22)29(33)34)24-17-25-12-13-26(18-24)31(25)15-14-19(2)3/h5-11,16,25-26H,2,4,12-15,17-18H2,1,3H3,(H,30,32)(H,33,34)/t25-,26+. The summed E-state index contributed by atoms with van der Waals surface area (Å²) < 4.78 is 0.